The molecule has 6 heteroatoms. The highest BCUT2D eigenvalue weighted by atomic mass is 32.2. The number of carbonyl (C=O) groups excluding carboxylic acids is 1. The first-order valence-corrected chi connectivity index (χ1v) is 9.07. The summed E-state index contributed by atoms with van der Waals surface area (Å²) in [7, 11) is -0.715. The summed E-state index contributed by atoms with van der Waals surface area (Å²) in [6.45, 7) is 7.25. The molecule has 0 atom stereocenters. The summed E-state index contributed by atoms with van der Waals surface area (Å²) in [5, 5.41) is 0. The van der Waals surface area contributed by atoms with Crippen molar-refractivity contribution in [1.29, 1.82) is 0 Å². The van der Waals surface area contributed by atoms with Crippen molar-refractivity contribution in [3.8, 4) is 0 Å². The van der Waals surface area contributed by atoms with Crippen LogP contribution in [0.25, 0.3) is 0 Å². The van der Waals surface area contributed by atoms with Gasteiger partial charge in [0.15, 0.2) is 9.84 Å². The molecule has 0 aliphatic carbocycles. The molecule has 0 heterocycles. The second-order valence-electron chi connectivity index (χ2n) is 6.22. The van der Waals surface area contributed by atoms with Gasteiger partial charge in [0.1, 0.15) is 0 Å². The van der Waals surface area contributed by atoms with Gasteiger partial charge in [-0.2, -0.15) is 0 Å². The Morgan fingerprint density at radius 2 is 1.52 bits per heavy atom. The normalized spacial score (nSPS) is 13.2. The quantitative estimate of drug-likeness (QED) is 0.578. The maximum absolute atomic E-state index is 12.7. The summed E-state index contributed by atoms with van der Waals surface area (Å²) < 4.78 is 34.4. The van der Waals surface area contributed by atoms with Crippen LogP contribution in [0.5, 0.6) is 0 Å². The van der Waals surface area contributed by atoms with Crippen molar-refractivity contribution in [2.75, 3.05) is 26.6 Å². The van der Waals surface area contributed by atoms with Gasteiger partial charge in [0, 0.05) is 7.11 Å². The Kier molecular flexibility index (Phi) is 7.89. The van der Waals surface area contributed by atoms with Gasteiger partial charge in [0.25, 0.3) is 0 Å². The van der Waals surface area contributed by atoms with Crippen LogP contribution >= 0.6 is 0 Å². The SMILES string of the molecule is CCCC(CCC)(CS(=O)(=O)C(C)(C)COC)C(=O)OC. The predicted octanol–water partition coefficient (Wildman–Crippen LogP) is 2.59. The molecule has 0 fully saturated rings. The molecule has 0 saturated carbocycles. The van der Waals surface area contributed by atoms with Crippen LogP contribution in [-0.4, -0.2) is 45.7 Å². The van der Waals surface area contributed by atoms with Crippen LogP contribution in [0.2, 0.25) is 0 Å². The van der Waals surface area contributed by atoms with Crippen molar-refractivity contribution in [3.05, 3.63) is 0 Å². The van der Waals surface area contributed by atoms with Gasteiger partial charge in [-0.3, -0.25) is 4.79 Å². The Labute approximate surface area is 129 Å². The van der Waals surface area contributed by atoms with Gasteiger partial charge in [-0.25, -0.2) is 8.42 Å². The predicted molar refractivity (Wildman–Crippen MR) is 84.0 cm³/mol. The molecule has 0 bridgehead atoms. The van der Waals surface area contributed by atoms with Crippen molar-refractivity contribution in [2.45, 2.75) is 58.1 Å². The third kappa shape index (κ3) is 4.95. The average molecular weight is 322 g/mol. The smallest absolute Gasteiger partial charge is 0.312 e. The molecule has 0 unspecified atom stereocenters. The van der Waals surface area contributed by atoms with E-state index in [9.17, 15) is 13.2 Å². The number of carbonyl (C=O) groups is 1. The number of hydrogen-bond donors (Lipinski definition) is 0. The lowest BCUT2D eigenvalue weighted by Gasteiger charge is -2.34. The molecule has 0 saturated heterocycles. The van der Waals surface area contributed by atoms with Crippen LogP contribution in [0.15, 0.2) is 0 Å². The fourth-order valence-corrected chi connectivity index (χ4v) is 4.52. The molecule has 0 radical (unpaired) electrons. The van der Waals surface area contributed by atoms with Crippen molar-refractivity contribution in [1.82, 2.24) is 0 Å². The third-order valence-corrected chi connectivity index (χ3v) is 6.61. The number of hydrogen-bond acceptors (Lipinski definition) is 5. The van der Waals surface area contributed by atoms with Gasteiger partial charge in [0.05, 0.1) is 29.6 Å². The first-order chi connectivity index (χ1) is 9.62. The monoisotopic (exact) mass is 322 g/mol. The number of esters is 1. The lowest BCUT2D eigenvalue weighted by molar-refractivity contribution is -0.152. The number of sulfone groups is 1. The maximum atomic E-state index is 12.7. The second kappa shape index (κ2) is 8.13. The largest absolute Gasteiger partial charge is 0.469 e. The van der Waals surface area contributed by atoms with Crippen molar-refractivity contribution in [3.63, 3.8) is 0 Å². The minimum Gasteiger partial charge on any atom is -0.469 e. The summed E-state index contributed by atoms with van der Waals surface area (Å²) >= 11 is 0. The zero-order valence-corrected chi connectivity index (χ0v) is 15.0. The molecule has 0 spiro atoms. The van der Waals surface area contributed by atoms with Gasteiger partial charge >= 0.3 is 5.97 Å². The lowest BCUT2D eigenvalue weighted by Crippen LogP contribution is -2.46. The van der Waals surface area contributed by atoms with Crippen LogP contribution in [0.4, 0.5) is 0 Å². The van der Waals surface area contributed by atoms with E-state index in [1.807, 2.05) is 13.8 Å². The van der Waals surface area contributed by atoms with Gasteiger partial charge in [0.2, 0.25) is 0 Å². The average Bonchev–Trinajstić information content (AvgIpc) is 2.37. The molecule has 0 aromatic carbocycles. The van der Waals surface area contributed by atoms with E-state index < -0.39 is 26.0 Å². The van der Waals surface area contributed by atoms with Crippen LogP contribution in [-0.2, 0) is 24.1 Å². The standard InChI is InChI=1S/C15H30O5S/c1-7-9-15(10-8-2,13(16)20-6)12-21(17,18)14(3,4)11-19-5/h7-12H2,1-6H3. The molecular formula is C15H30O5S. The van der Waals surface area contributed by atoms with E-state index in [4.69, 9.17) is 9.47 Å². The van der Waals surface area contributed by atoms with Gasteiger partial charge in [-0.05, 0) is 26.7 Å². The van der Waals surface area contributed by atoms with Crippen LogP contribution in [0, 0.1) is 5.41 Å². The van der Waals surface area contributed by atoms with Crippen LogP contribution in [0.1, 0.15) is 53.4 Å². The molecule has 5 nitrogen and oxygen atoms in total. The molecule has 0 N–H and O–H groups in total. The Bertz CT molecular complexity index is 419. The Morgan fingerprint density at radius 3 is 1.86 bits per heavy atom. The van der Waals surface area contributed by atoms with E-state index in [0.29, 0.717) is 12.8 Å². The first kappa shape index (κ1) is 20.4. The van der Waals surface area contributed by atoms with Crippen molar-refractivity contribution < 1.29 is 22.7 Å². The molecule has 126 valence electrons. The molecule has 0 aromatic heterocycles. The Morgan fingerprint density at radius 1 is 1.05 bits per heavy atom. The van der Waals surface area contributed by atoms with Crippen LogP contribution in [0.3, 0.4) is 0 Å². The Balaban J connectivity index is 5.61. The molecule has 0 amide bonds. The second-order valence-corrected chi connectivity index (χ2v) is 8.85. The van der Waals surface area contributed by atoms with Crippen LogP contribution < -0.4 is 0 Å². The highest BCUT2D eigenvalue weighted by Gasteiger charge is 2.46. The molecule has 0 rings (SSSR count). The minimum atomic E-state index is -3.50. The maximum Gasteiger partial charge on any atom is 0.312 e. The van der Waals surface area contributed by atoms with Gasteiger partial charge in [-0.1, -0.05) is 26.7 Å². The summed E-state index contributed by atoms with van der Waals surface area (Å²) in [5.74, 6) is -0.618. The van der Waals surface area contributed by atoms with E-state index in [2.05, 4.69) is 0 Å². The van der Waals surface area contributed by atoms with Crippen molar-refractivity contribution in [2.24, 2.45) is 5.41 Å². The van der Waals surface area contributed by atoms with Crippen molar-refractivity contribution >= 4 is 15.8 Å². The molecule has 0 aliphatic rings. The fourth-order valence-electron chi connectivity index (χ4n) is 2.70. The zero-order chi connectivity index (χ0) is 16.7. The van der Waals surface area contributed by atoms with E-state index in [0.717, 1.165) is 12.8 Å². The summed E-state index contributed by atoms with van der Waals surface area (Å²) in [6, 6.07) is 0. The number of rotatable bonds is 10. The minimum absolute atomic E-state index is 0.102. The third-order valence-electron chi connectivity index (χ3n) is 3.88. The highest BCUT2D eigenvalue weighted by Crippen LogP contribution is 2.36. The lowest BCUT2D eigenvalue weighted by atomic mass is 9.81. The molecule has 21 heavy (non-hydrogen) atoms. The number of ether oxygens (including phenoxy) is 2. The topological polar surface area (TPSA) is 69.7 Å². The molecule has 0 aliphatic heterocycles. The fraction of sp³-hybridized carbons (Fsp3) is 0.933. The van der Waals surface area contributed by atoms with E-state index in [-0.39, 0.29) is 12.4 Å². The summed E-state index contributed by atoms with van der Waals surface area (Å²) in [6.07, 6.45) is 2.48. The van der Waals surface area contributed by atoms with E-state index in [1.165, 1.54) is 14.2 Å². The number of methoxy groups -OCH3 is 2. The van der Waals surface area contributed by atoms with E-state index >= 15 is 0 Å². The summed E-state index contributed by atoms with van der Waals surface area (Å²) in [4.78, 5) is 12.3. The first-order valence-electron chi connectivity index (χ1n) is 7.42. The van der Waals surface area contributed by atoms with Gasteiger partial charge in [-0.15, -0.1) is 0 Å². The van der Waals surface area contributed by atoms with Gasteiger partial charge < -0.3 is 9.47 Å². The van der Waals surface area contributed by atoms with E-state index in [1.54, 1.807) is 13.8 Å². The zero-order valence-electron chi connectivity index (χ0n) is 14.2. The molecular weight excluding hydrogens is 292 g/mol. The summed E-state index contributed by atoms with van der Waals surface area (Å²) in [5.41, 5.74) is -0.956. The Hall–Kier alpha value is -0.620. The molecule has 0 aromatic rings. The highest BCUT2D eigenvalue weighted by molar-refractivity contribution is 7.92.